The second-order valence-electron chi connectivity index (χ2n) is 4.30. The lowest BCUT2D eigenvalue weighted by Crippen LogP contribution is -2.33. The minimum atomic E-state index is -4.73. The maximum absolute atomic E-state index is 12.7. The van der Waals surface area contributed by atoms with Crippen molar-refractivity contribution < 1.29 is 48.7 Å². The van der Waals surface area contributed by atoms with Gasteiger partial charge in [0.15, 0.2) is 0 Å². The summed E-state index contributed by atoms with van der Waals surface area (Å²) >= 11 is 0.208. The van der Waals surface area contributed by atoms with E-state index in [0.29, 0.717) is 12.8 Å². The second kappa shape index (κ2) is 9.43. The summed E-state index contributed by atoms with van der Waals surface area (Å²) in [5.74, 6) is -9.42. The lowest BCUT2D eigenvalue weighted by molar-refractivity contribution is -0.157. The summed E-state index contributed by atoms with van der Waals surface area (Å²) in [7, 11) is 0. The Balaban J connectivity index is 4.86. The smallest absolute Gasteiger partial charge is 0.294 e. The molecule has 0 radical (unpaired) electrons. The molecular formula is C10H15F8O3PS. The highest BCUT2D eigenvalue weighted by Gasteiger charge is 2.46. The van der Waals surface area contributed by atoms with Gasteiger partial charge in [-0.1, -0.05) is 13.3 Å². The molecule has 0 aromatic carbocycles. The number of hydrogen-bond acceptors (Lipinski definition) is 4. The van der Waals surface area contributed by atoms with Crippen molar-refractivity contribution in [2.45, 2.75) is 44.5 Å². The highest BCUT2D eigenvalue weighted by atomic mass is 32.7. The SMILES string of the molecule is CCCCSP(=O)(OCC(F)(F)C(F)F)OCC(F)(F)C(F)F. The molecule has 0 aromatic heterocycles. The van der Waals surface area contributed by atoms with Crippen LogP contribution in [0.1, 0.15) is 19.8 Å². The average Bonchev–Trinajstić information content (AvgIpc) is 2.43. The van der Waals surface area contributed by atoms with Gasteiger partial charge in [-0.2, -0.15) is 17.6 Å². The van der Waals surface area contributed by atoms with E-state index in [4.69, 9.17) is 0 Å². The van der Waals surface area contributed by atoms with Crippen LogP contribution >= 0.6 is 18.2 Å². The van der Waals surface area contributed by atoms with Crippen LogP contribution in [0.2, 0.25) is 0 Å². The molecule has 0 saturated heterocycles. The zero-order valence-corrected chi connectivity index (χ0v) is 13.5. The highest BCUT2D eigenvalue weighted by Crippen LogP contribution is 2.62. The van der Waals surface area contributed by atoms with Crippen molar-refractivity contribution in [2.75, 3.05) is 19.0 Å². The van der Waals surface area contributed by atoms with Crippen molar-refractivity contribution in [2.24, 2.45) is 0 Å². The van der Waals surface area contributed by atoms with Crippen LogP contribution in [0.4, 0.5) is 35.1 Å². The van der Waals surface area contributed by atoms with Gasteiger partial charge in [0.2, 0.25) is 0 Å². The first-order valence-electron chi connectivity index (χ1n) is 6.22. The third-order valence-electron chi connectivity index (χ3n) is 2.22. The van der Waals surface area contributed by atoms with Gasteiger partial charge in [-0.15, -0.1) is 0 Å². The van der Waals surface area contributed by atoms with E-state index < -0.39 is 44.7 Å². The molecule has 0 aliphatic rings. The van der Waals surface area contributed by atoms with Crippen LogP contribution in [0.15, 0.2) is 0 Å². The van der Waals surface area contributed by atoms with E-state index in [-0.39, 0.29) is 17.1 Å². The Morgan fingerprint density at radius 2 is 1.35 bits per heavy atom. The Bertz CT molecular complexity index is 368. The van der Waals surface area contributed by atoms with Gasteiger partial charge < -0.3 is 0 Å². The van der Waals surface area contributed by atoms with Crippen molar-refractivity contribution in [3.8, 4) is 0 Å². The monoisotopic (exact) mass is 398 g/mol. The second-order valence-corrected chi connectivity index (χ2v) is 8.50. The van der Waals surface area contributed by atoms with Crippen LogP contribution in [0.25, 0.3) is 0 Å². The minimum absolute atomic E-state index is 0.0473. The number of alkyl halides is 8. The molecule has 0 heterocycles. The van der Waals surface area contributed by atoms with Gasteiger partial charge >= 0.3 is 31.5 Å². The molecule has 0 spiro atoms. The lowest BCUT2D eigenvalue weighted by atomic mass is 10.4. The maximum Gasteiger partial charge on any atom is 0.389 e. The molecule has 0 unspecified atom stereocenters. The first-order valence-corrected chi connectivity index (χ1v) is 9.35. The fourth-order valence-electron chi connectivity index (χ4n) is 0.889. The van der Waals surface area contributed by atoms with E-state index in [0.717, 1.165) is 0 Å². The zero-order valence-electron chi connectivity index (χ0n) is 11.8. The molecular weight excluding hydrogens is 383 g/mol. The summed E-state index contributed by atoms with van der Waals surface area (Å²) in [4.78, 5) is 0. The molecule has 0 aliphatic heterocycles. The Hall–Kier alpha value is -0.0600. The quantitative estimate of drug-likeness (QED) is 0.248. The molecule has 0 aromatic rings. The van der Waals surface area contributed by atoms with E-state index in [1.54, 1.807) is 6.92 Å². The molecule has 23 heavy (non-hydrogen) atoms. The highest BCUT2D eigenvalue weighted by molar-refractivity contribution is 8.55. The predicted octanol–water partition coefficient (Wildman–Crippen LogP) is 5.46. The van der Waals surface area contributed by atoms with E-state index in [9.17, 15) is 39.7 Å². The Kier molecular flexibility index (Phi) is 9.41. The van der Waals surface area contributed by atoms with E-state index >= 15 is 0 Å². The van der Waals surface area contributed by atoms with Gasteiger partial charge in [-0.25, -0.2) is 22.1 Å². The normalized spacial score (nSPS) is 14.0. The van der Waals surface area contributed by atoms with Crippen molar-refractivity contribution in [1.82, 2.24) is 0 Å². The van der Waals surface area contributed by atoms with E-state index in [1.165, 1.54) is 0 Å². The molecule has 140 valence electrons. The first kappa shape index (κ1) is 22.9. The van der Waals surface area contributed by atoms with Crippen LogP contribution in [0.3, 0.4) is 0 Å². The van der Waals surface area contributed by atoms with Crippen molar-refractivity contribution >= 4 is 18.2 Å². The predicted molar refractivity (Wildman–Crippen MR) is 68.8 cm³/mol. The number of unbranched alkanes of at least 4 members (excludes halogenated alkanes) is 1. The Morgan fingerprint density at radius 1 is 0.957 bits per heavy atom. The molecule has 0 saturated carbocycles. The molecule has 0 N–H and O–H groups in total. The lowest BCUT2D eigenvalue weighted by Gasteiger charge is -2.23. The molecule has 0 fully saturated rings. The standard InChI is InChI=1S/C10H15F8O3PS/c1-2-3-4-23-22(19,20-5-9(15,16)7(11)12)21-6-10(17,18)8(13)14/h7-8H,2-6H2,1H3. The van der Waals surface area contributed by atoms with Crippen molar-refractivity contribution in [1.29, 1.82) is 0 Å². The average molecular weight is 398 g/mol. The van der Waals surface area contributed by atoms with E-state index in [1.807, 2.05) is 0 Å². The van der Waals surface area contributed by atoms with Crippen LogP contribution < -0.4 is 0 Å². The van der Waals surface area contributed by atoms with Crippen LogP contribution in [0.5, 0.6) is 0 Å². The van der Waals surface area contributed by atoms with Crippen LogP contribution in [-0.4, -0.2) is 43.7 Å². The third kappa shape index (κ3) is 8.55. The molecule has 0 atom stereocenters. The zero-order chi connectivity index (χ0) is 18.3. The van der Waals surface area contributed by atoms with Crippen molar-refractivity contribution in [3.63, 3.8) is 0 Å². The van der Waals surface area contributed by atoms with Gasteiger partial charge in [0, 0.05) is 5.75 Å². The largest absolute Gasteiger partial charge is 0.389 e. The molecule has 3 nitrogen and oxygen atoms in total. The van der Waals surface area contributed by atoms with Crippen LogP contribution in [-0.2, 0) is 13.6 Å². The number of halogens is 8. The molecule has 13 heteroatoms. The Labute approximate surface area is 131 Å². The van der Waals surface area contributed by atoms with Gasteiger partial charge in [-0.3, -0.25) is 9.05 Å². The van der Waals surface area contributed by atoms with Gasteiger partial charge in [0.1, 0.15) is 13.2 Å². The topological polar surface area (TPSA) is 35.5 Å². The number of rotatable bonds is 12. The molecule has 0 amide bonds. The number of hydrogen-bond donors (Lipinski definition) is 0. The molecule has 0 bridgehead atoms. The maximum atomic E-state index is 12.7. The first-order chi connectivity index (χ1) is 10.4. The van der Waals surface area contributed by atoms with E-state index in [2.05, 4.69) is 9.05 Å². The summed E-state index contributed by atoms with van der Waals surface area (Å²) in [6.45, 7) is -7.14. The third-order valence-corrected chi connectivity index (χ3v) is 6.02. The summed E-state index contributed by atoms with van der Waals surface area (Å²) in [5, 5.41) is 0. The fourth-order valence-corrected chi connectivity index (χ4v) is 4.24. The Morgan fingerprint density at radius 3 is 1.65 bits per heavy atom. The van der Waals surface area contributed by atoms with Gasteiger partial charge in [-0.05, 0) is 17.8 Å². The van der Waals surface area contributed by atoms with Crippen LogP contribution in [0, 0.1) is 0 Å². The minimum Gasteiger partial charge on any atom is -0.294 e. The summed E-state index contributed by atoms with van der Waals surface area (Å²) in [6, 6.07) is 0. The fraction of sp³-hybridized carbons (Fsp3) is 1.00. The van der Waals surface area contributed by atoms with Gasteiger partial charge in [0.25, 0.3) is 0 Å². The molecule has 0 rings (SSSR count). The summed E-state index contributed by atoms with van der Waals surface area (Å²) < 4.78 is 119. The summed E-state index contributed by atoms with van der Waals surface area (Å²) in [6.07, 6.45) is -7.37. The van der Waals surface area contributed by atoms with Crippen molar-refractivity contribution in [3.05, 3.63) is 0 Å². The van der Waals surface area contributed by atoms with Gasteiger partial charge in [0.05, 0.1) is 0 Å². The molecule has 0 aliphatic carbocycles. The summed E-state index contributed by atoms with van der Waals surface area (Å²) in [5.41, 5.74) is 0.